The highest BCUT2D eigenvalue weighted by atomic mass is 32.2. The Kier molecular flexibility index (Phi) is 15.3. The Morgan fingerprint density at radius 2 is 0.442 bits per heavy atom. The largest absolute Gasteiger partial charge is 0.550 e. The molecule has 4 aliphatic rings. The van der Waals surface area contributed by atoms with Gasteiger partial charge in [-0.15, -0.1) is 0 Å². The summed E-state index contributed by atoms with van der Waals surface area (Å²) in [6.45, 7) is 0. The van der Waals surface area contributed by atoms with Crippen LogP contribution < -0.4 is 5.11 Å². The molecule has 0 amide bonds. The summed E-state index contributed by atoms with van der Waals surface area (Å²) in [6, 6.07) is 114. The molecule has 86 heavy (non-hydrogen) atoms. The predicted molar refractivity (Wildman–Crippen MR) is 356 cm³/mol. The first-order valence-corrected chi connectivity index (χ1v) is 31.6. The van der Waals surface area contributed by atoms with Crippen LogP contribution in [0.1, 0.15) is 38.5 Å². The van der Waals surface area contributed by atoms with Crippen molar-refractivity contribution in [2.45, 2.75) is 53.2 Å². The first kappa shape index (κ1) is 54.4. The molecule has 416 valence electrons. The van der Waals surface area contributed by atoms with Crippen LogP contribution in [0.2, 0.25) is 0 Å². The van der Waals surface area contributed by atoms with E-state index < -0.39 is 22.3 Å². The van der Waals surface area contributed by atoms with E-state index in [0.29, 0.717) is 17.8 Å². The summed E-state index contributed by atoms with van der Waals surface area (Å²) in [7, 11) is -0.881. The summed E-state index contributed by atoms with van der Waals surface area (Å²) < 4.78 is 0. The molecule has 0 saturated heterocycles. The zero-order valence-corrected chi connectivity index (χ0v) is 49.0. The second-order valence-corrected chi connectivity index (χ2v) is 25.6. The molecule has 0 aliphatic heterocycles. The third-order valence-electron chi connectivity index (χ3n) is 18.2. The van der Waals surface area contributed by atoms with Crippen LogP contribution in [0, 0.1) is 23.2 Å². The Hall–Kier alpha value is -9.54. The van der Waals surface area contributed by atoms with Gasteiger partial charge >= 0.3 is 0 Å². The van der Waals surface area contributed by atoms with E-state index in [1.807, 2.05) is 0 Å². The molecule has 4 bridgehead atoms. The molecule has 16 rings (SSSR count). The second kappa shape index (κ2) is 24.2. The summed E-state index contributed by atoms with van der Waals surface area (Å²) in [5.74, 6) is 1.38. The molecule has 4 aliphatic carbocycles. The van der Waals surface area contributed by atoms with Gasteiger partial charge in [0.15, 0.2) is 14.7 Å². The lowest BCUT2D eigenvalue weighted by atomic mass is 9.49. The minimum absolute atomic E-state index is 0.394. The van der Waals surface area contributed by atoms with Gasteiger partial charge in [0.25, 0.3) is 0 Å². The highest BCUT2D eigenvalue weighted by molar-refractivity contribution is 7.97. The Balaban J connectivity index is 0.000000440. The lowest BCUT2D eigenvalue weighted by molar-refractivity contribution is -0.327. The number of carboxylic acids is 1. The van der Waals surface area contributed by atoms with Crippen LogP contribution in [0.5, 0.6) is 0 Å². The van der Waals surface area contributed by atoms with Crippen molar-refractivity contribution in [1.82, 2.24) is 0 Å². The molecular weight excluding hydrogens is 1060 g/mol. The SMILES string of the molecule is O=C([O-])C12CC3CC(CC(C3)C1)C2.c1ccc(-c2cc(-c3ccccc3)c([S+](c3c(-c4ccccc4)cc(-c4ccccc4)cc3-c3ccccc3)c3c(-c4ccccc4)cc(-c4ccccc4)cc3-c3ccccc3)c(-c3ccccc3)c2)cc1. The maximum atomic E-state index is 11.1. The Morgan fingerprint density at radius 1 is 0.267 bits per heavy atom. The average Bonchev–Trinajstić information content (AvgIpc) is 0.862. The molecule has 0 heterocycles. The fraction of sp³-hybridized carbons (Fsp3) is 0.120. The minimum Gasteiger partial charge on any atom is -0.550 e. The summed E-state index contributed by atoms with van der Waals surface area (Å²) in [6.07, 6.45) is 6.65. The number of rotatable bonds is 13. The van der Waals surface area contributed by atoms with Crippen LogP contribution in [0.3, 0.4) is 0 Å². The van der Waals surface area contributed by atoms with E-state index in [1.54, 1.807) is 0 Å². The summed E-state index contributed by atoms with van der Waals surface area (Å²) in [5.41, 5.74) is 20.8. The van der Waals surface area contributed by atoms with Crippen molar-refractivity contribution in [3.8, 4) is 100 Å². The van der Waals surface area contributed by atoms with Gasteiger partial charge in [0, 0.05) is 44.8 Å². The number of carbonyl (C=O) groups excluding carboxylic acids is 1. The van der Waals surface area contributed by atoms with Gasteiger partial charge < -0.3 is 9.90 Å². The molecule has 12 aromatic rings. The summed E-state index contributed by atoms with van der Waals surface area (Å²) in [4.78, 5) is 14.9. The third-order valence-corrected chi connectivity index (χ3v) is 20.7. The number of hydrogen-bond acceptors (Lipinski definition) is 2. The molecule has 12 aromatic carbocycles. The van der Waals surface area contributed by atoms with Gasteiger partial charge in [-0.2, -0.15) is 0 Å². The van der Waals surface area contributed by atoms with E-state index in [4.69, 9.17) is 0 Å². The van der Waals surface area contributed by atoms with Crippen molar-refractivity contribution in [2.75, 3.05) is 0 Å². The van der Waals surface area contributed by atoms with E-state index in [9.17, 15) is 9.90 Å². The summed E-state index contributed by atoms with van der Waals surface area (Å²) in [5, 5.41) is 11.1. The number of aliphatic carboxylic acids is 1. The Labute approximate surface area is 509 Å². The third kappa shape index (κ3) is 11.0. The first-order valence-electron chi connectivity index (χ1n) is 30.4. The van der Waals surface area contributed by atoms with Crippen molar-refractivity contribution in [1.29, 1.82) is 0 Å². The van der Waals surface area contributed by atoms with Crippen LogP contribution in [-0.4, -0.2) is 5.97 Å². The van der Waals surface area contributed by atoms with Crippen LogP contribution in [0.15, 0.2) is 324 Å². The molecule has 0 N–H and O–H groups in total. The topological polar surface area (TPSA) is 40.1 Å². The van der Waals surface area contributed by atoms with Crippen LogP contribution in [-0.2, 0) is 15.7 Å². The zero-order valence-electron chi connectivity index (χ0n) is 48.1. The smallest absolute Gasteiger partial charge is 0.182 e. The first-order chi connectivity index (χ1) is 42.4. The van der Waals surface area contributed by atoms with E-state index in [2.05, 4.69) is 309 Å². The van der Waals surface area contributed by atoms with E-state index in [1.165, 1.54) is 101 Å². The fourth-order valence-electron chi connectivity index (χ4n) is 14.6. The number of hydrogen-bond donors (Lipinski definition) is 0. The predicted octanol–water partition coefficient (Wildman–Crippen LogP) is 20.7. The van der Waals surface area contributed by atoms with Crippen LogP contribution >= 0.6 is 0 Å². The Morgan fingerprint density at radius 3 is 0.616 bits per heavy atom. The van der Waals surface area contributed by atoms with E-state index in [0.717, 1.165) is 52.6 Å². The standard InChI is InChI=1S/C72H51S.C11H16O2/c1-10-28-52(29-11-1)61-46-64(55-34-16-4-17-35-55)70(65(47-61)56-36-18-5-19-37-56)73(71-66(57-38-20-6-21-39-57)48-62(53-30-12-2-13-31-53)49-67(71)58-40-22-7-23-41-58)72-68(59-42-24-8-25-43-59)50-63(54-32-14-3-15-33-54)51-69(72)60-44-26-9-27-45-60;12-10(13)11-4-7-1-8(5-11)3-9(2-7)6-11/h1-51H;7-9H,1-6H2,(H,12,13)/q+1;/p-1. The van der Waals surface area contributed by atoms with Crippen molar-refractivity contribution in [3.63, 3.8) is 0 Å². The quantitative estimate of drug-likeness (QED) is 0.108. The van der Waals surface area contributed by atoms with Gasteiger partial charge in [0.05, 0.1) is 0 Å². The number of carbonyl (C=O) groups is 1. The lowest BCUT2D eigenvalue weighted by Crippen LogP contribution is -2.54. The van der Waals surface area contributed by atoms with Crippen molar-refractivity contribution in [3.05, 3.63) is 309 Å². The molecule has 4 saturated carbocycles. The molecule has 0 aromatic heterocycles. The molecule has 2 nitrogen and oxygen atoms in total. The second-order valence-electron chi connectivity index (χ2n) is 23.8. The van der Waals surface area contributed by atoms with Gasteiger partial charge in [-0.3, -0.25) is 0 Å². The van der Waals surface area contributed by atoms with Gasteiger partial charge in [-0.25, -0.2) is 0 Å². The normalized spacial score (nSPS) is 17.4. The fourth-order valence-corrected chi connectivity index (χ4v) is 17.6. The minimum atomic E-state index is -0.881. The van der Waals surface area contributed by atoms with Gasteiger partial charge in [-0.1, -0.05) is 273 Å². The maximum Gasteiger partial charge on any atom is 0.182 e. The molecule has 4 fully saturated rings. The average molecular weight is 1130 g/mol. The highest BCUT2D eigenvalue weighted by Gasteiger charge is 2.52. The van der Waals surface area contributed by atoms with Gasteiger partial charge in [0.2, 0.25) is 0 Å². The molecule has 0 unspecified atom stereocenters. The van der Waals surface area contributed by atoms with E-state index in [-0.39, 0.29) is 0 Å². The zero-order chi connectivity index (χ0) is 57.8. The van der Waals surface area contributed by atoms with Crippen LogP contribution in [0.4, 0.5) is 0 Å². The number of benzene rings is 12. The number of carboxylic acid groups (broad SMARTS) is 1. The van der Waals surface area contributed by atoms with Gasteiger partial charge in [-0.05, 0) is 159 Å². The molecule has 0 spiro atoms. The molecule has 3 heteroatoms. The van der Waals surface area contributed by atoms with Gasteiger partial charge in [0.1, 0.15) is 10.9 Å². The summed E-state index contributed by atoms with van der Waals surface area (Å²) >= 11 is 0. The molecule has 0 radical (unpaired) electrons. The van der Waals surface area contributed by atoms with E-state index >= 15 is 0 Å². The monoisotopic (exact) mass is 1130 g/mol. The lowest BCUT2D eigenvalue weighted by Gasteiger charge is -2.57. The van der Waals surface area contributed by atoms with Crippen molar-refractivity contribution >= 4 is 16.9 Å². The highest BCUT2D eigenvalue weighted by Crippen LogP contribution is 2.60. The Bertz CT molecular complexity index is 3670. The molecule has 0 atom stereocenters. The van der Waals surface area contributed by atoms with Crippen molar-refractivity contribution < 1.29 is 9.90 Å². The molecular formula is C83H66O2S. The maximum absolute atomic E-state index is 11.1. The van der Waals surface area contributed by atoms with Crippen molar-refractivity contribution in [2.24, 2.45) is 23.2 Å². The van der Waals surface area contributed by atoms with Crippen LogP contribution in [0.25, 0.3) is 100 Å².